The molecule has 3 heteroatoms. The Kier molecular flexibility index (Phi) is 4.92. The van der Waals surface area contributed by atoms with Gasteiger partial charge in [-0.25, -0.2) is 0 Å². The number of hydrogen-bond acceptors (Lipinski definition) is 2. The van der Waals surface area contributed by atoms with Crippen LogP contribution < -0.4 is 5.32 Å². The Bertz CT molecular complexity index is 847. The van der Waals surface area contributed by atoms with E-state index in [0.29, 0.717) is 5.76 Å². The number of furan rings is 1. The molecule has 0 aliphatic carbocycles. The number of nitrogens with one attached hydrogen (secondary N) is 1. The molecule has 2 aromatic carbocycles. The highest BCUT2D eigenvalue weighted by atomic mass is 16.3. The molecule has 0 aliphatic heterocycles. The van der Waals surface area contributed by atoms with Crippen molar-refractivity contribution in [2.45, 2.75) is 13.3 Å². The van der Waals surface area contributed by atoms with Gasteiger partial charge >= 0.3 is 0 Å². The Balaban J connectivity index is 1.68. The third-order valence-electron chi connectivity index (χ3n) is 3.74. The molecule has 0 unspecified atom stereocenters. The minimum Gasteiger partial charge on any atom is -0.457 e. The molecule has 0 radical (unpaired) electrons. The molecule has 1 N–H and O–H groups in total. The molecule has 3 nitrogen and oxygen atoms in total. The number of carbonyl (C=O) groups excluding carboxylic acids is 1. The fourth-order valence-corrected chi connectivity index (χ4v) is 2.48. The molecule has 120 valence electrons. The van der Waals surface area contributed by atoms with E-state index in [1.54, 1.807) is 6.08 Å². The van der Waals surface area contributed by atoms with Crippen molar-refractivity contribution in [1.82, 2.24) is 0 Å². The van der Waals surface area contributed by atoms with E-state index in [2.05, 4.69) is 12.2 Å². The van der Waals surface area contributed by atoms with Gasteiger partial charge in [0.2, 0.25) is 5.91 Å². The molecule has 0 aliphatic rings. The molecule has 0 saturated carbocycles. The number of hydrogen-bond donors (Lipinski definition) is 1. The maximum absolute atomic E-state index is 12.1. The maximum atomic E-state index is 12.1. The Morgan fingerprint density at radius 2 is 1.75 bits per heavy atom. The van der Waals surface area contributed by atoms with Gasteiger partial charge in [0.05, 0.1) is 0 Å². The van der Waals surface area contributed by atoms with Gasteiger partial charge in [0.1, 0.15) is 11.5 Å². The Hall–Kier alpha value is -3.07. The van der Waals surface area contributed by atoms with Gasteiger partial charge in [-0.05, 0) is 36.3 Å². The summed E-state index contributed by atoms with van der Waals surface area (Å²) in [6.45, 7) is 2.06. The first-order chi connectivity index (χ1) is 11.8. The lowest BCUT2D eigenvalue weighted by Gasteiger charge is -2.07. The Labute approximate surface area is 141 Å². The van der Waals surface area contributed by atoms with Crippen molar-refractivity contribution in [3.05, 3.63) is 84.1 Å². The highest BCUT2D eigenvalue weighted by Gasteiger charge is 2.04. The first kappa shape index (κ1) is 15.8. The van der Waals surface area contributed by atoms with E-state index < -0.39 is 0 Å². The van der Waals surface area contributed by atoms with Crippen LogP contribution in [0.3, 0.4) is 0 Å². The summed E-state index contributed by atoms with van der Waals surface area (Å²) in [5.74, 6) is 1.26. The highest BCUT2D eigenvalue weighted by Crippen LogP contribution is 2.22. The van der Waals surface area contributed by atoms with Crippen molar-refractivity contribution >= 4 is 17.7 Å². The monoisotopic (exact) mass is 317 g/mol. The quantitative estimate of drug-likeness (QED) is 0.660. The Morgan fingerprint density at radius 1 is 1.00 bits per heavy atom. The second kappa shape index (κ2) is 7.47. The zero-order chi connectivity index (χ0) is 16.8. The van der Waals surface area contributed by atoms with Crippen LogP contribution in [0.15, 0.2) is 77.2 Å². The molecule has 1 amide bonds. The summed E-state index contributed by atoms with van der Waals surface area (Å²) in [5, 5.41) is 2.90. The van der Waals surface area contributed by atoms with E-state index in [-0.39, 0.29) is 5.91 Å². The number of aryl methyl sites for hydroxylation is 1. The van der Waals surface area contributed by atoms with Crippen molar-refractivity contribution in [2.75, 3.05) is 5.32 Å². The summed E-state index contributed by atoms with van der Waals surface area (Å²) in [5.41, 5.74) is 2.97. The average molecular weight is 317 g/mol. The molecule has 0 saturated heterocycles. The van der Waals surface area contributed by atoms with Gasteiger partial charge < -0.3 is 9.73 Å². The molecule has 0 bridgehead atoms. The zero-order valence-electron chi connectivity index (χ0n) is 13.5. The van der Waals surface area contributed by atoms with Crippen LogP contribution in [0.1, 0.15) is 18.2 Å². The van der Waals surface area contributed by atoms with Gasteiger partial charge in [0, 0.05) is 17.3 Å². The lowest BCUT2D eigenvalue weighted by Crippen LogP contribution is -2.09. The van der Waals surface area contributed by atoms with Crippen LogP contribution in [0.4, 0.5) is 5.69 Å². The van der Waals surface area contributed by atoms with Crippen LogP contribution in [0.25, 0.3) is 17.4 Å². The predicted octanol–water partition coefficient (Wildman–Crippen LogP) is 5.16. The standard InChI is InChI=1S/C21H19NO2/c1-2-16-8-6-7-11-19(16)22-21(23)15-13-18-12-14-20(24-18)17-9-4-3-5-10-17/h3-15H,2H2,1H3,(H,22,23)/b15-13+. The van der Waals surface area contributed by atoms with Gasteiger partial charge in [0.15, 0.2) is 0 Å². The fourth-order valence-electron chi connectivity index (χ4n) is 2.48. The minimum atomic E-state index is -0.173. The van der Waals surface area contributed by atoms with Crippen molar-refractivity contribution in [1.29, 1.82) is 0 Å². The molecule has 0 atom stereocenters. The van der Waals surface area contributed by atoms with E-state index >= 15 is 0 Å². The molecule has 1 heterocycles. The third kappa shape index (κ3) is 3.82. The first-order valence-corrected chi connectivity index (χ1v) is 7.98. The van der Waals surface area contributed by atoms with E-state index in [4.69, 9.17) is 4.42 Å². The maximum Gasteiger partial charge on any atom is 0.248 e. The van der Waals surface area contributed by atoms with Crippen LogP contribution in [0, 0.1) is 0 Å². The average Bonchev–Trinajstić information content (AvgIpc) is 3.10. The SMILES string of the molecule is CCc1ccccc1NC(=O)/C=C/c1ccc(-c2ccccc2)o1. The van der Waals surface area contributed by atoms with E-state index in [9.17, 15) is 4.79 Å². The van der Waals surface area contributed by atoms with Crippen molar-refractivity contribution in [3.63, 3.8) is 0 Å². The van der Waals surface area contributed by atoms with Crippen molar-refractivity contribution in [2.24, 2.45) is 0 Å². The molecule has 3 rings (SSSR count). The van der Waals surface area contributed by atoms with Gasteiger partial charge in [0.25, 0.3) is 0 Å². The molecular formula is C21H19NO2. The first-order valence-electron chi connectivity index (χ1n) is 7.98. The number of carbonyl (C=O) groups is 1. The highest BCUT2D eigenvalue weighted by molar-refractivity contribution is 6.02. The zero-order valence-corrected chi connectivity index (χ0v) is 13.5. The van der Waals surface area contributed by atoms with Gasteiger partial charge in [-0.1, -0.05) is 55.5 Å². The number of para-hydroxylation sites is 1. The molecule has 0 spiro atoms. The summed E-state index contributed by atoms with van der Waals surface area (Å²) in [6, 6.07) is 21.4. The van der Waals surface area contributed by atoms with Crippen LogP contribution in [0.5, 0.6) is 0 Å². The van der Waals surface area contributed by atoms with Gasteiger partial charge in [-0.2, -0.15) is 0 Å². The van der Waals surface area contributed by atoms with Gasteiger partial charge in [-0.15, -0.1) is 0 Å². The van der Waals surface area contributed by atoms with E-state index in [1.165, 1.54) is 6.08 Å². The van der Waals surface area contributed by atoms with E-state index in [0.717, 1.165) is 29.0 Å². The minimum absolute atomic E-state index is 0.173. The number of anilines is 1. The Morgan fingerprint density at radius 3 is 2.54 bits per heavy atom. The molecule has 24 heavy (non-hydrogen) atoms. The third-order valence-corrected chi connectivity index (χ3v) is 3.74. The summed E-state index contributed by atoms with van der Waals surface area (Å²) in [4.78, 5) is 12.1. The summed E-state index contributed by atoms with van der Waals surface area (Å²) >= 11 is 0. The lowest BCUT2D eigenvalue weighted by molar-refractivity contribution is -0.111. The van der Waals surface area contributed by atoms with Crippen molar-refractivity contribution in [3.8, 4) is 11.3 Å². The van der Waals surface area contributed by atoms with Crippen LogP contribution in [0.2, 0.25) is 0 Å². The second-order valence-electron chi connectivity index (χ2n) is 5.40. The molecular weight excluding hydrogens is 298 g/mol. The number of rotatable bonds is 5. The fraction of sp³-hybridized carbons (Fsp3) is 0.0952. The summed E-state index contributed by atoms with van der Waals surface area (Å²) in [6.07, 6.45) is 4.04. The number of amides is 1. The predicted molar refractivity (Wildman–Crippen MR) is 97.6 cm³/mol. The summed E-state index contributed by atoms with van der Waals surface area (Å²) < 4.78 is 5.75. The molecule has 3 aromatic rings. The molecule has 0 fully saturated rings. The largest absolute Gasteiger partial charge is 0.457 e. The topological polar surface area (TPSA) is 42.2 Å². The normalized spacial score (nSPS) is 10.9. The van der Waals surface area contributed by atoms with Crippen LogP contribution >= 0.6 is 0 Å². The smallest absolute Gasteiger partial charge is 0.248 e. The van der Waals surface area contributed by atoms with Crippen molar-refractivity contribution < 1.29 is 9.21 Å². The lowest BCUT2D eigenvalue weighted by atomic mass is 10.1. The summed E-state index contributed by atoms with van der Waals surface area (Å²) in [7, 11) is 0. The number of benzene rings is 2. The van der Waals surface area contributed by atoms with Crippen LogP contribution in [-0.4, -0.2) is 5.91 Å². The molecule has 1 aromatic heterocycles. The second-order valence-corrected chi connectivity index (χ2v) is 5.40. The van der Waals surface area contributed by atoms with Crippen LogP contribution in [-0.2, 0) is 11.2 Å². The van der Waals surface area contributed by atoms with E-state index in [1.807, 2.05) is 66.7 Å². The van der Waals surface area contributed by atoms with Gasteiger partial charge in [-0.3, -0.25) is 4.79 Å².